The van der Waals surface area contributed by atoms with Crippen LogP contribution in [0.25, 0.3) is 0 Å². The molecule has 0 radical (unpaired) electrons. The molecule has 0 bridgehead atoms. The van der Waals surface area contributed by atoms with E-state index in [1.807, 2.05) is 19.9 Å². The van der Waals surface area contributed by atoms with Gasteiger partial charge in [0.15, 0.2) is 11.5 Å². The summed E-state index contributed by atoms with van der Waals surface area (Å²) in [5, 5.41) is 3.72. The summed E-state index contributed by atoms with van der Waals surface area (Å²) in [4.78, 5) is 29.0. The monoisotopic (exact) mass is 675 g/mol. The van der Waals surface area contributed by atoms with Gasteiger partial charge >= 0.3 is 0 Å². The molecule has 4 rings (SSSR count). The fourth-order valence-electron chi connectivity index (χ4n) is 5.54. The van der Waals surface area contributed by atoms with Crippen LogP contribution in [0.4, 0.5) is 5.69 Å². The average molecular weight is 677 g/mol. The second-order valence-corrected chi connectivity index (χ2v) is 14.0. The SMILES string of the molecule is COc1ccc(S(=O)(=O)N(CC(=O)N(Cc2ccc(Cl)c(Cl)c2)[C@H](C)C(=O)NC2CCCC2)c2cc(C)cc(C)c2)cc1OC. The summed E-state index contributed by atoms with van der Waals surface area (Å²) < 4.78 is 40.3. The minimum Gasteiger partial charge on any atom is -0.493 e. The number of ether oxygens (including phenoxy) is 2. The summed E-state index contributed by atoms with van der Waals surface area (Å²) in [5.74, 6) is -0.293. The van der Waals surface area contributed by atoms with Crippen LogP contribution in [-0.4, -0.2) is 58.0 Å². The number of carbonyl (C=O) groups is 2. The molecular formula is C33H39Cl2N3O6S. The molecule has 45 heavy (non-hydrogen) atoms. The fourth-order valence-corrected chi connectivity index (χ4v) is 7.27. The highest BCUT2D eigenvalue weighted by Gasteiger charge is 2.34. The molecule has 0 spiro atoms. The van der Waals surface area contributed by atoms with E-state index in [0.29, 0.717) is 27.0 Å². The zero-order valence-corrected chi connectivity index (χ0v) is 28.4. The lowest BCUT2D eigenvalue weighted by molar-refractivity contribution is -0.139. The Balaban J connectivity index is 1.75. The van der Waals surface area contributed by atoms with E-state index < -0.39 is 28.5 Å². The van der Waals surface area contributed by atoms with E-state index >= 15 is 0 Å². The third-order valence-electron chi connectivity index (χ3n) is 7.92. The van der Waals surface area contributed by atoms with Gasteiger partial charge in [0.25, 0.3) is 10.0 Å². The number of carbonyl (C=O) groups excluding carboxylic acids is 2. The van der Waals surface area contributed by atoms with Gasteiger partial charge in [-0.15, -0.1) is 0 Å². The Morgan fingerprint density at radius 3 is 2.16 bits per heavy atom. The van der Waals surface area contributed by atoms with Crippen LogP contribution in [-0.2, 0) is 26.2 Å². The standard InChI is InChI=1S/C33H39Cl2N3O6S/c1-21-14-22(2)16-26(15-21)38(45(41,42)27-11-13-30(43-4)31(18-27)44-5)20-32(39)37(19-24-10-12-28(34)29(35)17-24)23(3)33(40)36-25-8-6-7-9-25/h10-18,23,25H,6-9,19-20H2,1-5H3,(H,36,40)/t23-/m1/s1. The maximum absolute atomic E-state index is 14.3. The van der Waals surface area contributed by atoms with Gasteiger partial charge in [0, 0.05) is 18.7 Å². The highest BCUT2D eigenvalue weighted by Crippen LogP contribution is 2.33. The highest BCUT2D eigenvalue weighted by atomic mass is 35.5. The molecule has 3 aromatic carbocycles. The third kappa shape index (κ3) is 8.23. The van der Waals surface area contributed by atoms with Crippen molar-refractivity contribution < 1.29 is 27.5 Å². The predicted octanol–water partition coefficient (Wildman–Crippen LogP) is 6.30. The number of hydrogen-bond donors (Lipinski definition) is 1. The quantitative estimate of drug-likeness (QED) is 0.242. The number of sulfonamides is 1. The minimum absolute atomic E-state index is 0.00602. The Morgan fingerprint density at radius 2 is 1.56 bits per heavy atom. The van der Waals surface area contributed by atoms with E-state index in [-0.39, 0.29) is 29.1 Å². The molecule has 242 valence electrons. The zero-order chi connectivity index (χ0) is 32.9. The second-order valence-electron chi connectivity index (χ2n) is 11.3. The molecule has 12 heteroatoms. The largest absolute Gasteiger partial charge is 0.493 e. The first-order valence-electron chi connectivity index (χ1n) is 14.7. The number of rotatable bonds is 12. The Hall–Kier alpha value is -3.47. The Kier molecular flexibility index (Phi) is 11.3. The maximum atomic E-state index is 14.3. The molecule has 1 atom stereocenters. The van der Waals surface area contributed by atoms with Gasteiger partial charge in [0.05, 0.1) is 34.8 Å². The van der Waals surface area contributed by atoms with Crippen LogP contribution in [0.5, 0.6) is 11.5 Å². The fraction of sp³-hybridized carbons (Fsp3) is 0.394. The smallest absolute Gasteiger partial charge is 0.264 e. The molecule has 1 N–H and O–H groups in total. The molecule has 1 fully saturated rings. The van der Waals surface area contributed by atoms with Crippen LogP contribution in [0.15, 0.2) is 59.5 Å². The number of anilines is 1. The van der Waals surface area contributed by atoms with Crippen molar-refractivity contribution in [1.82, 2.24) is 10.2 Å². The predicted molar refractivity (Wildman–Crippen MR) is 177 cm³/mol. The lowest BCUT2D eigenvalue weighted by Gasteiger charge is -2.32. The molecular weight excluding hydrogens is 637 g/mol. The van der Waals surface area contributed by atoms with Gasteiger partial charge in [0.2, 0.25) is 11.8 Å². The summed E-state index contributed by atoms with van der Waals surface area (Å²) in [5.41, 5.74) is 2.59. The van der Waals surface area contributed by atoms with Crippen LogP contribution >= 0.6 is 23.2 Å². The van der Waals surface area contributed by atoms with Gasteiger partial charge in [0.1, 0.15) is 12.6 Å². The first-order valence-corrected chi connectivity index (χ1v) is 16.9. The summed E-state index contributed by atoms with van der Waals surface area (Å²) in [6.45, 7) is 4.79. The van der Waals surface area contributed by atoms with E-state index in [4.69, 9.17) is 32.7 Å². The van der Waals surface area contributed by atoms with Crippen molar-refractivity contribution >= 4 is 50.7 Å². The summed E-state index contributed by atoms with van der Waals surface area (Å²) in [6, 6.07) is 13.7. The Morgan fingerprint density at radius 1 is 0.911 bits per heavy atom. The summed E-state index contributed by atoms with van der Waals surface area (Å²) in [6.07, 6.45) is 3.82. The number of hydrogen-bond acceptors (Lipinski definition) is 6. The number of nitrogens with one attached hydrogen (secondary N) is 1. The van der Waals surface area contributed by atoms with Crippen molar-refractivity contribution in [2.24, 2.45) is 0 Å². The molecule has 1 aliphatic rings. The van der Waals surface area contributed by atoms with Gasteiger partial charge in [-0.25, -0.2) is 8.42 Å². The minimum atomic E-state index is -4.31. The van der Waals surface area contributed by atoms with Crippen molar-refractivity contribution in [3.8, 4) is 11.5 Å². The summed E-state index contributed by atoms with van der Waals surface area (Å²) in [7, 11) is -1.44. The van der Waals surface area contributed by atoms with Gasteiger partial charge in [-0.3, -0.25) is 13.9 Å². The number of halogens is 2. The van der Waals surface area contributed by atoms with Gasteiger partial charge in [-0.2, -0.15) is 0 Å². The molecule has 0 saturated heterocycles. The molecule has 1 saturated carbocycles. The van der Waals surface area contributed by atoms with Crippen LogP contribution < -0.4 is 19.1 Å². The van der Waals surface area contributed by atoms with E-state index in [0.717, 1.165) is 41.1 Å². The molecule has 3 aromatic rings. The molecule has 2 amide bonds. The lowest BCUT2D eigenvalue weighted by atomic mass is 10.1. The molecule has 0 aliphatic heterocycles. The molecule has 0 unspecified atom stereocenters. The van der Waals surface area contributed by atoms with E-state index in [9.17, 15) is 18.0 Å². The molecule has 9 nitrogen and oxygen atoms in total. The first-order chi connectivity index (χ1) is 21.3. The third-order valence-corrected chi connectivity index (χ3v) is 10.4. The zero-order valence-electron chi connectivity index (χ0n) is 26.1. The van der Waals surface area contributed by atoms with Crippen molar-refractivity contribution in [1.29, 1.82) is 0 Å². The number of methoxy groups -OCH3 is 2. The second kappa shape index (κ2) is 14.7. The molecule has 0 heterocycles. The topological polar surface area (TPSA) is 105 Å². The number of amides is 2. The van der Waals surface area contributed by atoms with Gasteiger partial charge < -0.3 is 19.7 Å². The Bertz CT molecular complexity index is 1640. The van der Waals surface area contributed by atoms with Crippen molar-refractivity contribution in [2.45, 2.75) is 70.0 Å². The van der Waals surface area contributed by atoms with E-state index in [2.05, 4.69) is 5.32 Å². The van der Waals surface area contributed by atoms with Crippen molar-refractivity contribution in [3.63, 3.8) is 0 Å². The van der Waals surface area contributed by atoms with Crippen LogP contribution in [0.2, 0.25) is 10.0 Å². The number of nitrogens with zero attached hydrogens (tertiary/aromatic N) is 2. The van der Waals surface area contributed by atoms with Gasteiger partial charge in [-0.05, 0) is 86.7 Å². The molecule has 0 aromatic heterocycles. The normalized spacial score (nSPS) is 14.1. The van der Waals surface area contributed by atoms with Crippen molar-refractivity contribution in [3.05, 3.63) is 81.3 Å². The van der Waals surface area contributed by atoms with Crippen LogP contribution in [0.1, 0.15) is 49.3 Å². The van der Waals surface area contributed by atoms with Crippen molar-refractivity contribution in [2.75, 3.05) is 25.1 Å². The maximum Gasteiger partial charge on any atom is 0.264 e. The molecule has 1 aliphatic carbocycles. The first kappa shape index (κ1) is 34.4. The summed E-state index contributed by atoms with van der Waals surface area (Å²) >= 11 is 12.4. The Labute approximate surface area is 275 Å². The van der Waals surface area contributed by atoms with E-state index in [1.54, 1.807) is 37.3 Å². The van der Waals surface area contributed by atoms with Gasteiger partial charge in [-0.1, -0.05) is 48.2 Å². The van der Waals surface area contributed by atoms with Crippen LogP contribution in [0.3, 0.4) is 0 Å². The van der Waals surface area contributed by atoms with Crippen LogP contribution in [0, 0.1) is 13.8 Å². The average Bonchev–Trinajstić information content (AvgIpc) is 3.51. The number of aryl methyl sites for hydroxylation is 2. The lowest BCUT2D eigenvalue weighted by Crippen LogP contribution is -2.52. The number of benzene rings is 3. The highest BCUT2D eigenvalue weighted by molar-refractivity contribution is 7.92. The van der Waals surface area contributed by atoms with E-state index in [1.165, 1.54) is 37.3 Å².